The molecule has 6 nitrogen and oxygen atoms in total. The minimum atomic E-state index is -0.279. The number of likely N-dealkylation sites (tertiary alicyclic amines) is 1. The van der Waals surface area contributed by atoms with Gasteiger partial charge in [0.05, 0.1) is 6.54 Å². The van der Waals surface area contributed by atoms with Crippen molar-refractivity contribution in [1.82, 2.24) is 20.9 Å². The van der Waals surface area contributed by atoms with Crippen molar-refractivity contribution in [2.75, 3.05) is 26.2 Å². The minimum Gasteiger partial charge on any atom is -0.353 e. The fraction of sp³-hybridized carbons (Fsp3) is 0.846. The Bertz CT molecular complexity index is 352. The first-order chi connectivity index (χ1) is 9.22. The molecule has 1 atom stereocenters. The fourth-order valence-corrected chi connectivity index (χ4v) is 2.90. The van der Waals surface area contributed by atoms with Crippen LogP contribution in [0.4, 0.5) is 0 Å². The molecule has 3 aliphatic rings. The van der Waals surface area contributed by atoms with Gasteiger partial charge in [-0.05, 0) is 25.7 Å². The summed E-state index contributed by atoms with van der Waals surface area (Å²) >= 11 is 0. The first-order valence-corrected chi connectivity index (χ1v) is 7.27. The van der Waals surface area contributed by atoms with Crippen molar-refractivity contribution in [2.24, 2.45) is 0 Å². The van der Waals surface area contributed by atoms with Gasteiger partial charge >= 0.3 is 0 Å². The molecule has 0 spiro atoms. The molecule has 6 heteroatoms. The predicted molar refractivity (Wildman–Crippen MR) is 70.6 cm³/mol. The average Bonchev–Trinajstić information content (AvgIpc) is 3.25. The summed E-state index contributed by atoms with van der Waals surface area (Å²) in [4.78, 5) is 25.6. The van der Waals surface area contributed by atoms with Gasteiger partial charge in [0.1, 0.15) is 6.04 Å². The Balaban J connectivity index is 1.41. The topological polar surface area (TPSA) is 73.5 Å². The highest BCUT2D eigenvalue weighted by Gasteiger charge is 2.33. The van der Waals surface area contributed by atoms with E-state index in [2.05, 4.69) is 20.9 Å². The zero-order valence-electron chi connectivity index (χ0n) is 11.2. The zero-order chi connectivity index (χ0) is 13.2. The van der Waals surface area contributed by atoms with Crippen molar-refractivity contribution in [3.63, 3.8) is 0 Å². The van der Waals surface area contributed by atoms with Gasteiger partial charge in [-0.1, -0.05) is 0 Å². The Morgan fingerprint density at radius 1 is 1.21 bits per heavy atom. The van der Waals surface area contributed by atoms with Gasteiger partial charge in [0.15, 0.2) is 0 Å². The number of carbonyl (C=O) groups excluding carboxylic acids is 2. The molecule has 1 aliphatic carbocycles. The Morgan fingerprint density at radius 2 is 1.95 bits per heavy atom. The number of hydrogen-bond acceptors (Lipinski definition) is 4. The molecule has 3 rings (SSSR count). The van der Waals surface area contributed by atoms with Crippen molar-refractivity contribution in [3.05, 3.63) is 0 Å². The van der Waals surface area contributed by atoms with E-state index in [1.165, 1.54) is 12.8 Å². The molecule has 0 aromatic heterocycles. The van der Waals surface area contributed by atoms with E-state index in [1.54, 1.807) is 0 Å². The van der Waals surface area contributed by atoms with Gasteiger partial charge in [0.25, 0.3) is 0 Å². The van der Waals surface area contributed by atoms with E-state index in [1.807, 2.05) is 0 Å². The molecule has 2 aliphatic heterocycles. The lowest BCUT2D eigenvalue weighted by Gasteiger charge is -2.33. The second kappa shape index (κ2) is 5.46. The molecule has 106 valence electrons. The van der Waals surface area contributed by atoms with Crippen LogP contribution in [0.15, 0.2) is 0 Å². The first kappa shape index (κ1) is 12.9. The van der Waals surface area contributed by atoms with Crippen LogP contribution in [0.1, 0.15) is 25.7 Å². The number of carbonyl (C=O) groups is 2. The van der Waals surface area contributed by atoms with Gasteiger partial charge in [-0.2, -0.15) is 0 Å². The number of rotatable bonds is 3. The molecule has 19 heavy (non-hydrogen) atoms. The normalized spacial score (nSPS) is 29.9. The maximum absolute atomic E-state index is 12.1. The Morgan fingerprint density at radius 3 is 2.53 bits per heavy atom. The van der Waals surface area contributed by atoms with Gasteiger partial charge in [-0.3, -0.25) is 14.9 Å². The maximum atomic E-state index is 12.1. The fourth-order valence-electron chi connectivity index (χ4n) is 2.90. The summed E-state index contributed by atoms with van der Waals surface area (Å²) in [5, 5.41) is 8.77. The summed E-state index contributed by atoms with van der Waals surface area (Å²) in [7, 11) is 0. The molecule has 2 heterocycles. The van der Waals surface area contributed by atoms with Crippen LogP contribution in [0.5, 0.6) is 0 Å². The zero-order valence-corrected chi connectivity index (χ0v) is 11.2. The van der Waals surface area contributed by atoms with Crippen LogP contribution in [-0.2, 0) is 9.59 Å². The molecule has 0 aromatic carbocycles. The van der Waals surface area contributed by atoms with E-state index in [4.69, 9.17) is 0 Å². The van der Waals surface area contributed by atoms with Crippen LogP contribution in [0.2, 0.25) is 0 Å². The van der Waals surface area contributed by atoms with Crippen LogP contribution in [-0.4, -0.2) is 61.0 Å². The average molecular weight is 266 g/mol. The number of piperazine rings is 1. The lowest BCUT2D eigenvalue weighted by atomic mass is 10.0. The maximum Gasteiger partial charge on any atom is 0.239 e. The lowest BCUT2D eigenvalue weighted by Crippen LogP contribution is -2.59. The van der Waals surface area contributed by atoms with Crippen LogP contribution >= 0.6 is 0 Å². The number of nitrogens with zero attached hydrogens (tertiary/aromatic N) is 1. The molecule has 1 saturated carbocycles. The number of piperidine rings is 1. The van der Waals surface area contributed by atoms with Crippen LogP contribution in [0.3, 0.4) is 0 Å². The molecule has 3 N–H and O–H groups in total. The van der Waals surface area contributed by atoms with Crippen LogP contribution < -0.4 is 16.0 Å². The summed E-state index contributed by atoms with van der Waals surface area (Å²) in [5.74, 6) is -0.0216. The monoisotopic (exact) mass is 266 g/mol. The van der Waals surface area contributed by atoms with Crippen molar-refractivity contribution in [2.45, 2.75) is 43.8 Å². The summed E-state index contributed by atoms with van der Waals surface area (Å²) in [5.41, 5.74) is 0. The minimum absolute atomic E-state index is 0.0184. The number of nitrogens with one attached hydrogen (secondary N) is 3. The van der Waals surface area contributed by atoms with Crippen molar-refractivity contribution in [1.29, 1.82) is 0 Å². The molecule has 0 aromatic rings. The van der Waals surface area contributed by atoms with Crippen molar-refractivity contribution < 1.29 is 9.59 Å². The van der Waals surface area contributed by atoms with E-state index in [-0.39, 0.29) is 24.4 Å². The third-order valence-corrected chi connectivity index (χ3v) is 4.27. The molecule has 0 bridgehead atoms. The molecule has 3 fully saturated rings. The lowest BCUT2D eigenvalue weighted by molar-refractivity contribution is -0.127. The van der Waals surface area contributed by atoms with Gasteiger partial charge in [0.2, 0.25) is 11.8 Å². The van der Waals surface area contributed by atoms with Crippen molar-refractivity contribution >= 4 is 11.8 Å². The van der Waals surface area contributed by atoms with Gasteiger partial charge in [0, 0.05) is 31.7 Å². The smallest absolute Gasteiger partial charge is 0.239 e. The molecule has 2 amide bonds. The van der Waals surface area contributed by atoms with Crippen molar-refractivity contribution in [3.8, 4) is 0 Å². The predicted octanol–water partition coefficient (Wildman–Crippen LogP) is -1.18. The Hall–Kier alpha value is -1.14. The van der Waals surface area contributed by atoms with E-state index in [0.29, 0.717) is 12.6 Å². The second-order valence-corrected chi connectivity index (χ2v) is 5.79. The van der Waals surface area contributed by atoms with Gasteiger partial charge in [-0.25, -0.2) is 0 Å². The third kappa shape index (κ3) is 3.25. The van der Waals surface area contributed by atoms with Gasteiger partial charge in [-0.15, -0.1) is 0 Å². The molecule has 2 saturated heterocycles. The Labute approximate surface area is 113 Å². The molecular formula is C13H22N4O2. The summed E-state index contributed by atoms with van der Waals surface area (Å²) < 4.78 is 0. The van der Waals surface area contributed by atoms with E-state index in [0.717, 1.165) is 32.0 Å². The van der Waals surface area contributed by atoms with E-state index in [9.17, 15) is 9.59 Å². The highest BCUT2D eigenvalue weighted by atomic mass is 16.2. The SMILES string of the molecule is O=C1CNC(C(=O)NC2CCN(C3CC3)CC2)CN1. The summed E-state index contributed by atoms with van der Waals surface area (Å²) in [6, 6.07) is 0.841. The number of amides is 2. The summed E-state index contributed by atoms with van der Waals surface area (Å²) in [6.07, 6.45) is 4.79. The Kier molecular flexibility index (Phi) is 3.70. The largest absolute Gasteiger partial charge is 0.353 e. The second-order valence-electron chi connectivity index (χ2n) is 5.79. The van der Waals surface area contributed by atoms with E-state index < -0.39 is 0 Å². The molecular weight excluding hydrogens is 244 g/mol. The third-order valence-electron chi connectivity index (χ3n) is 4.27. The van der Waals surface area contributed by atoms with E-state index >= 15 is 0 Å². The quantitative estimate of drug-likeness (QED) is 0.601. The summed E-state index contributed by atoms with van der Waals surface area (Å²) in [6.45, 7) is 2.83. The highest BCUT2D eigenvalue weighted by molar-refractivity contribution is 5.86. The van der Waals surface area contributed by atoms with Gasteiger partial charge < -0.3 is 15.5 Å². The van der Waals surface area contributed by atoms with Crippen LogP contribution in [0.25, 0.3) is 0 Å². The van der Waals surface area contributed by atoms with Crippen LogP contribution in [0, 0.1) is 0 Å². The molecule has 0 radical (unpaired) electrons. The molecule has 1 unspecified atom stereocenters. The number of hydrogen-bond donors (Lipinski definition) is 3. The highest BCUT2D eigenvalue weighted by Crippen LogP contribution is 2.29. The first-order valence-electron chi connectivity index (χ1n) is 7.27. The standard InChI is InChI=1S/C13H22N4O2/c18-12-8-14-11(7-15-12)13(19)16-9-3-5-17(6-4-9)10-1-2-10/h9-11,14H,1-8H2,(H,15,18)(H,16,19).